The third kappa shape index (κ3) is 4.01. The summed E-state index contributed by atoms with van der Waals surface area (Å²) in [6, 6.07) is 4.60. The number of rotatable bonds is 3. The molecule has 1 aliphatic heterocycles. The minimum absolute atomic E-state index is 0.0111. The van der Waals surface area contributed by atoms with Crippen LogP contribution < -0.4 is 10.2 Å². The van der Waals surface area contributed by atoms with Crippen LogP contribution in [0.25, 0.3) is 0 Å². The van der Waals surface area contributed by atoms with Crippen molar-refractivity contribution in [1.82, 2.24) is 9.97 Å². The molecule has 0 unspecified atom stereocenters. The quantitative estimate of drug-likeness (QED) is 0.887. The molecule has 1 amide bonds. The molecule has 1 aromatic carbocycles. The third-order valence-electron chi connectivity index (χ3n) is 3.79. The van der Waals surface area contributed by atoms with E-state index in [1.807, 2.05) is 4.90 Å². The monoisotopic (exact) mass is 370 g/mol. The summed E-state index contributed by atoms with van der Waals surface area (Å²) in [5.41, 5.74) is -0.934. The number of hydrogen-bond donors (Lipinski definition) is 1. The van der Waals surface area contributed by atoms with Crippen molar-refractivity contribution in [3.8, 4) is 0 Å². The van der Waals surface area contributed by atoms with Crippen LogP contribution in [0, 0.1) is 0 Å². The van der Waals surface area contributed by atoms with Gasteiger partial charge in [-0.05, 0) is 37.1 Å². The first-order chi connectivity index (χ1) is 11.8. The molecule has 1 aromatic heterocycles. The van der Waals surface area contributed by atoms with Crippen molar-refractivity contribution in [2.24, 2.45) is 0 Å². The number of benzene rings is 1. The number of amides is 1. The van der Waals surface area contributed by atoms with Gasteiger partial charge in [-0.3, -0.25) is 4.79 Å². The molecule has 1 aliphatic rings. The summed E-state index contributed by atoms with van der Waals surface area (Å²) in [5, 5.41) is 1.98. The molecule has 5 nitrogen and oxygen atoms in total. The highest BCUT2D eigenvalue weighted by Gasteiger charge is 2.33. The summed E-state index contributed by atoms with van der Waals surface area (Å²) in [7, 11) is 0. The van der Waals surface area contributed by atoms with Crippen LogP contribution in [0.15, 0.2) is 30.5 Å². The Hall–Kier alpha value is -2.35. The van der Waals surface area contributed by atoms with E-state index in [1.165, 1.54) is 18.3 Å². The van der Waals surface area contributed by atoms with E-state index in [4.69, 9.17) is 11.6 Å². The normalized spacial score (nSPS) is 14.6. The highest BCUT2D eigenvalue weighted by atomic mass is 35.5. The van der Waals surface area contributed by atoms with E-state index in [2.05, 4.69) is 15.3 Å². The van der Waals surface area contributed by atoms with E-state index >= 15 is 0 Å². The number of carbonyl (C=O) groups excluding carboxylic acids is 1. The molecule has 0 aliphatic carbocycles. The van der Waals surface area contributed by atoms with Crippen molar-refractivity contribution in [1.29, 1.82) is 0 Å². The Balaban J connectivity index is 1.80. The molecule has 132 valence electrons. The molecular weight excluding hydrogens is 357 g/mol. The van der Waals surface area contributed by atoms with Crippen molar-refractivity contribution < 1.29 is 18.0 Å². The Labute approximate surface area is 146 Å². The fourth-order valence-electron chi connectivity index (χ4n) is 2.56. The number of aromatic nitrogens is 2. The van der Waals surface area contributed by atoms with E-state index in [1.54, 1.807) is 0 Å². The second-order valence-electron chi connectivity index (χ2n) is 5.58. The van der Waals surface area contributed by atoms with Gasteiger partial charge in [-0.15, -0.1) is 0 Å². The molecule has 1 saturated heterocycles. The zero-order valence-corrected chi connectivity index (χ0v) is 13.7. The van der Waals surface area contributed by atoms with Gasteiger partial charge in [-0.1, -0.05) is 11.6 Å². The molecule has 2 aromatic rings. The molecule has 1 N–H and O–H groups in total. The summed E-state index contributed by atoms with van der Waals surface area (Å²) in [6.07, 6.45) is -1.08. The van der Waals surface area contributed by atoms with Crippen molar-refractivity contribution in [2.75, 3.05) is 23.3 Å². The summed E-state index contributed by atoms with van der Waals surface area (Å²) in [4.78, 5) is 22.6. The molecule has 0 bridgehead atoms. The van der Waals surface area contributed by atoms with E-state index < -0.39 is 22.7 Å². The lowest BCUT2D eigenvalue weighted by atomic mass is 10.2. The van der Waals surface area contributed by atoms with Crippen LogP contribution in [0.1, 0.15) is 28.9 Å². The zero-order valence-electron chi connectivity index (χ0n) is 13.0. The Morgan fingerprint density at radius 2 is 1.92 bits per heavy atom. The Bertz CT molecular complexity index is 791. The van der Waals surface area contributed by atoms with Crippen LogP contribution in [-0.2, 0) is 6.18 Å². The Kier molecular flexibility index (Phi) is 4.80. The molecule has 0 radical (unpaired) electrons. The lowest BCUT2D eigenvalue weighted by Crippen LogP contribution is -2.22. The summed E-state index contributed by atoms with van der Waals surface area (Å²) in [6.45, 7) is 1.63. The van der Waals surface area contributed by atoms with Gasteiger partial charge in [0.1, 0.15) is 5.69 Å². The van der Waals surface area contributed by atoms with Crippen LogP contribution in [0.4, 0.5) is 24.8 Å². The first-order valence-corrected chi connectivity index (χ1v) is 7.98. The van der Waals surface area contributed by atoms with Gasteiger partial charge in [0.05, 0.1) is 10.6 Å². The zero-order chi connectivity index (χ0) is 18.0. The lowest BCUT2D eigenvalue weighted by molar-refractivity contribution is -0.137. The fraction of sp³-hybridized carbons (Fsp3) is 0.312. The number of halogens is 4. The molecule has 0 spiro atoms. The maximum absolute atomic E-state index is 12.9. The molecule has 1 fully saturated rings. The number of hydrogen-bond acceptors (Lipinski definition) is 4. The number of nitrogens with zero attached hydrogens (tertiary/aromatic N) is 3. The average molecular weight is 371 g/mol. The Morgan fingerprint density at radius 3 is 2.60 bits per heavy atom. The van der Waals surface area contributed by atoms with E-state index in [0.29, 0.717) is 5.95 Å². The van der Waals surface area contributed by atoms with Crippen LogP contribution in [0.3, 0.4) is 0 Å². The molecular formula is C16H14ClF3N4O. The van der Waals surface area contributed by atoms with E-state index in [9.17, 15) is 18.0 Å². The SMILES string of the molecule is O=C(Nc1ccc(Cl)c(C(F)(F)F)c1)c1ccnc(N2CCCC2)n1. The van der Waals surface area contributed by atoms with Gasteiger partial charge in [0.15, 0.2) is 0 Å². The van der Waals surface area contributed by atoms with Gasteiger partial charge in [0, 0.05) is 25.0 Å². The first kappa shape index (κ1) is 17.5. The molecule has 0 saturated carbocycles. The largest absolute Gasteiger partial charge is 0.417 e. The van der Waals surface area contributed by atoms with Crippen molar-refractivity contribution in [3.63, 3.8) is 0 Å². The van der Waals surface area contributed by atoms with Gasteiger partial charge < -0.3 is 10.2 Å². The lowest BCUT2D eigenvalue weighted by Gasteiger charge is -2.15. The average Bonchev–Trinajstić information content (AvgIpc) is 3.10. The predicted octanol–water partition coefficient (Wildman–Crippen LogP) is 4.00. The number of anilines is 2. The highest BCUT2D eigenvalue weighted by molar-refractivity contribution is 6.31. The summed E-state index contributed by atoms with van der Waals surface area (Å²) >= 11 is 5.57. The van der Waals surface area contributed by atoms with Gasteiger partial charge in [-0.2, -0.15) is 13.2 Å². The molecule has 3 rings (SSSR count). The van der Waals surface area contributed by atoms with E-state index in [-0.39, 0.29) is 11.4 Å². The van der Waals surface area contributed by atoms with Crippen molar-refractivity contribution >= 4 is 29.1 Å². The minimum Gasteiger partial charge on any atom is -0.341 e. The van der Waals surface area contributed by atoms with Crippen molar-refractivity contribution in [3.05, 3.63) is 46.7 Å². The van der Waals surface area contributed by atoms with Gasteiger partial charge in [0.25, 0.3) is 5.91 Å². The fourth-order valence-corrected chi connectivity index (χ4v) is 2.78. The molecule has 0 atom stereocenters. The van der Waals surface area contributed by atoms with Crippen LogP contribution >= 0.6 is 11.6 Å². The Morgan fingerprint density at radius 1 is 1.20 bits per heavy atom. The summed E-state index contributed by atoms with van der Waals surface area (Å²) < 4.78 is 38.7. The minimum atomic E-state index is -4.60. The van der Waals surface area contributed by atoms with Gasteiger partial charge in [0.2, 0.25) is 5.95 Å². The third-order valence-corrected chi connectivity index (χ3v) is 4.12. The van der Waals surface area contributed by atoms with Gasteiger partial charge >= 0.3 is 6.18 Å². The smallest absolute Gasteiger partial charge is 0.341 e. The van der Waals surface area contributed by atoms with Gasteiger partial charge in [-0.25, -0.2) is 9.97 Å². The maximum atomic E-state index is 12.9. The maximum Gasteiger partial charge on any atom is 0.417 e. The second-order valence-corrected chi connectivity index (χ2v) is 5.99. The summed E-state index contributed by atoms with van der Waals surface area (Å²) in [5.74, 6) is -0.171. The molecule has 2 heterocycles. The standard InChI is InChI=1S/C16H14ClF3N4O/c17-12-4-3-10(9-11(12)16(18,19)20)22-14(25)13-5-6-21-15(23-13)24-7-1-2-8-24/h3-6,9H,1-2,7-8H2,(H,22,25). The van der Waals surface area contributed by atoms with Crippen LogP contribution in [-0.4, -0.2) is 29.0 Å². The second kappa shape index (κ2) is 6.87. The topological polar surface area (TPSA) is 58.1 Å². The van der Waals surface area contributed by atoms with Crippen LogP contribution in [0.5, 0.6) is 0 Å². The predicted molar refractivity (Wildman–Crippen MR) is 87.9 cm³/mol. The van der Waals surface area contributed by atoms with Crippen LogP contribution in [0.2, 0.25) is 5.02 Å². The van der Waals surface area contributed by atoms with Crippen molar-refractivity contribution in [2.45, 2.75) is 19.0 Å². The first-order valence-electron chi connectivity index (χ1n) is 7.61. The van der Waals surface area contributed by atoms with E-state index in [0.717, 1.165) is 38.1 Å². The molecule has 25 heavy (non-hydrogen) atoms. The molecule has 9 heteroatoms. The number of carbonyl (C=O) groups is 1. The highest BCUT2D eigenvalue weighted by Crippen LogP contribution is 2.36. The number of alkyl halides is 3. The number of nitrogens with one attached hydrogen (secondary N) is 1.